The van der Waals surface area contributed by atoms with Gasteiger partial charge in [0.05, 0.1) is 30.7 Å². The molecule has 3 heterocycles. The average Bonchev–Trinajstić information content (AvgIpc) is 3.82. The van der Waals surface area contributed by atoms with Gasteiger partial charge in [-0.1, -0.05) is 54.1 Å². The Labute approximate surface area is 252 Å². The highest BCUT2D eigenvalue weighted by atomic mass is 35.5. The number of imidazole rings is 1. The number of halogens is 1. The summed E-state index contributed by atoms with van der Waals surface area (Å²) in [5, 5.41) is 14.6. The van der Waals surface area contributed by atoms with Crippen LogP contribution in [0, 0.1) is 0 Å². The SMILES string of the molecule is COC(=O)Nc1ccc(-c2cnc([C@@H]3[C@@H](c4ccccc4)CCN3C(=O)/C=C/c3cc(Cl)ccc3-n3cnnn3)[nH]2)cc1. The zero-order valence-corrected chi connectivity index (χ0v) is 23.8. The second-order valence-electron chi connectivity index (χ2n) is 9.95. The molecule has 6 rings (SSSR count). The van der Waals surface area contributed by atoms with Crippen molar-refractivity contribution >= 4 is 35.4 Å². The molecule has 11 nitrogen and oxygen atoms in total. The molecular weight excluding hydrogens is 568 g/mol. The summed E-state index contributed by atoms with van der Waals surface area (Å²) in [6.07, 6.45) is 6.78. The van der Waals surface area contributed by atoms with Crippen LogP contribution >= 0.6 is 11.6 Å². The first-order valence-electron chi connectivity index (χ1n) is 13.6. The lowest BCUT2D eigenvalue weighted by atomic mass is 9.91. The quantitative estimate of drug-likeness (QED) is 0.233. The van der Waals surface area contributed by atoms with Crippen LogP contribution in [-0.2, 0) is 9.53 Å². The van der Waals surface area contributed by atoms with Gasteiger partial charge in [0.25, 0.3) is 0 Å². The summed E-state index contributed by atoms with van der Waals surface area (Å²) in [6.45, 7) is 0.562. The summed E-state index contributed by atoms with van der Waals surface area (Å²) in [7, 11) is 1.32. The predicted octanol–water partition coefficient (Wildman–Crippen LogP) is 5.65. The van der Waals surface area contributed by atoms with Gasteiger partial charge in [0.2, 0.25) is 5.91 Å². The number of benzene rings is 3. The summed E-state index contributed by atoms with van der Waals surface area (Å²) in [6, 6.07) is 22.5. The second-order valence-corrected chi connectivity index (χ2v) is 10.4. The number of methoxy groups -OCH3 is 1. The van der Waals surface area contributed by atoms with E-state index in [0.29, 0.717) is 34.3 Å². The monoisotopic (exact) mass is 594 g/mol. The minimum absolute atomic E-state index is 0.0483. The summed E-state index contributed by atoms with van der Waals surface area (Å²) >= 11 is 6.27. The van der Waals surface area contributed by atoms with Gasteiger partial charge in [0, 0.05) is 34.8 Å². The number of nitrogens with zero attached hydrogens (tertiary/aromatic N) is 6. The van der Waals surface area contributed by atoms with Crippen molar-refractivity contribution in [2.45, 2.75) is 18.4 Å². The molecule has 0 saturated carbocycles. The zero-order valence-electron chi connectivity index (χ0n) is 23.1. The van der Waals surface area contributed by atoms with Crippen molar-refractivity contribution in [1.29, 1.82) is 0 Å². The topological polar surface area (TPSA) is 131 Å². The van der Waals surface area contributed by atoms with Crippen molar-refractivity contribution < 1.29 is 14.3 Å². The molecule has 12 heteroatoms. The van der Waals surface area contributed by atoms with Crippen molar-refractivity contribution in [3.05, 3.63) is 113 Å². The number of hydrogen-bond acceptors (Lipinski definition) is 7. The van der Waals surface area contributed by atoms with Crippen LogP contribution in [0.5, 0.6) is 0 Å². The van der Waals surface area contributed by atoms with Crippen molar-refractivity contribution in [2.24, 2.45) is 0 Å². The molecule has 0 radical (unpaired) electrons. The fraction of sp³-hybridized carbons (Fsp3) is 0.161. The Morgan fingerprint density at radius 2 is 1.91 bits per heavy atom. The number of aromatic nitrogens is 6. The van der Waals surface area contributed by atoms with Gasteiger partial charge in [0.1, 0.15) is 12.2 Å². The smallest absolute Gasteiger partial charge is 0.411 e. The summed E-state index contributed by atoms with van der Waals surface area (Å²) in [4.78, 5) is 35.3. The van der Waals surface area contributed by atoms with E-state index in [9.17, 15) is 9.59 Å². The van der Waals surface area contributed by atoms with Gasteiger partial charge >= 0.3 is 6.09 Å². The third kappa shape index (κ3) is 6.02. The Kier molecular flexibility index (Phi) is 7.96. The maximum Gasteiger partial charge on any atom is 0.411 e. The number of H-pyrrole nitrogens is 1. The zero-order chi connectivity index (χ0) is 29.8. The Morgan fingerprint density at radius 3 is 2.65 bits per heavy atom. The van der Waals surface area contributed by atoms with E-state index in [-0.39, 0.29) is 17.9 Å². The maximum absolute atomic E-state index is 13.8. The number of ether oxygens (including phenoxy) is 1. The number of aromatic amines is 1. The number of amides is 2. The van der Waals surface area contributed by atoms with Crippen LogP contribution in [-0.4, -0.2) is 60.7 Å². The molecule has 0 bridgehead atoms. The van der Waals surface area contributed by atoms with E-state index >= 15 is 0 Å². The van der Waals surface area contributed by atoms with Crippen LogP contribution < -0.4 is 5.32 Å². The van der Waals surface area contributed by atoms with Crippen molar-refractivity contribution in [1.82, 2.24) is 35.1 Å². The summed E-state index contributed by atoms with van der Waals surface area (Å²) < 4.78 is 6.18. The number of likely N-dealkylation sites (tertiary alicyclic amines) is 1. The second kappa shape index (κ2) is 12.3. The van der Waals surface area contributed by atoms with Gasteiger partial charge < -0.3 is 14.6 Å². The number of carbonyl (C=O) groups excluding carboxylic acids is 2. The largest absolute Gasteiger partial charge is 0.453 e. The van der Waals surface area contributed by atoms with Crippen LogP contribution in [0.25, 0.3) is 23.0 Å². The molecule has 43 heavy (non-hydrogen) atoms. The van der Waals surface area contributed by atoms with E-state index < -0.39 is 6.09 Å². The normalized spacial score (nSPS) is 16.5. The lowest BCUT2D eigenvalue weighted by molar-refractivity contribution is -0.127. The number of rotatable bonds is 7. The minimum Gasteiger partial charge on any atom is -0.453 e. The van der Waals surface area contributed by atoms with Crippen LogP contribution in [0.2, 0.25) is 5.02 Å². The van der Waals surface area contributed by atoms with Gasteiger partial charge in [-0.3, -0.25) is 10.1 Å². The van der Waals surface area contributed by atoms with E-state index in [1.807, 2.05) is 35.2 Å². The molecule has 2 amide bonds. The fourth-order valence-electron chi connectivity index (χ4n) is 5.36. The number of nitrogens with one attached hydrogen (secondary N) is 2. The lowest BCUT2D eigenvalue weighted by Crippen LogP contribution is -2.31. The molecule has 0 aliphatic carbocycles. The number of carbonyl (C=O) groups is 2. The van der Waals surface area contributed by atoms with Gasteiger partial charge in [-0.2, -0.15) is 4.68 Å². The highest BCUT2D eigenvalue weighted by Crippen LogP contribution is 2.43. The van der Waals surface area contributed by atoms with Crippen molar-refractivity contribution in [3.8, 4) is 16.9 Å². The molecule has 1 saturated heterocycles. The summed E-state index contributed by atoms with van der Waals surface area (Å²) in [5.41, 5.74) is 4.83. The number of anilines is 1. The first-order chi connectivity index (χ1) is 21.0. The maximum atomic E-state index is 13.8. The molecule has 0 unspecified atom stereocenters. The van der Waals surface area contributed by atoms with Gasteiger partial charge in [-0.25, -0.2) is 9.78 Å². The van der Waals surface area contributed by atoms with Crippen molar-refractivity contribution in [2.75, 3.05) is 19.0 Å². The Hall–Kier alpha value is -5.29. The van der Waals surface area contributed by atoms with Gasteiger partial charge in [-0.15, -0.1) is 5.10 Å². The van der Waals surface area contributed by atoms with E-state index in [1.165, 1.54) is 18.1 Å². The molecule has 2 N–H and O–H groups in total. The van der Waals surface area contributed by atoms with Crippen LogP contribution in [0.15, 0.2) is 91.4 Å². The van der Waals surface area contributed by atoms with Crippen LogP contribution in [0.3, 0.4) is 0 Å². The third-order valence-corrected chi connectivity index (χ3v) is 7.64. The van der Waals surface area contributed by atoms with Crippen molar-refractivity contribution in [3.63, 3.8) is 0 Å². The molecule has 0 spiro atoms. The highest BCUT2D eigenvalue weighted by Gasteiger charge is 2.40. The van der Waals surface area contributed by atoms with Gasteiger partial charge in [-0.05, 0) is 64.4 Å². The number of hydrogen-bond donors (Lipinski definition) is 2. The van der Waals surface area contributed by atoms with E-state index in [0.717, 1.165) is 23.2 Å². The molecule has 2 atom stereocenters. The van der Waals surface area contributed by atoms with E-state index in [4.69, 9.17) is 16.6 Å². The Morgan fingerprint density at radius 1 is 1.09 bits per heavy atom. The molecular formula is C31H27ClN8O3. The van der Waals surface area contributed by atoms with Crippen LogP contribution in [0.4, 0.5) is 10.5 Å². The third-order valence-electron chi connectivity index (χ3n) is 7.40. The molecule has 5 aromatic rings. The first kappa shape index (κ1) is 27.9. The minimum atomic E-state index is -0.537. The average molecular weight is 595 g/mol. The molecule has 1 aliphatic rings. The molecule has 2 aromatic heterocycles. The Balaban J connectivity index is 1.29. The predicted molar refractivity (Wildman–Crippen MR) is 162 cm³/mol. The lowest BCUT2D eigenvalue weighted by Gasteiger charge is -2.26. The highest BCUT2D eigenvalue weighted by molar-refractivity contribution is 6.30. The molecule has 1 fully saturated rings. The van der Waals surface area contributed by atoms with Crippen LogP contribution in [0.1, 0.15) is 35.3 Å². The standard InChI is InChI=1S/C31H27ClN8O3/c1-43-31(42)35-24-11-7-21(8-12-24)26-18-33-30(36-26)29-25(20-5-3-2-4-6-20)15-16-39(29)28(41)14-9-22-17-23(32)10-13-27(22)40-19-34-37-38-40/h2-14,17-19,25,29H,15-16H2,1H3,(H,33,36)(H,35,42)/b14-9+/t25-,29+/m1/s1. The molecule has 3 aromatic carbocycles. The number of tetrazole rings is 1. The van der Waals surface area contributed by atoms with E-state index in [1.54, 1.807) is 48.7 Å². The first-order valence-corrected chi connectivity index (χ1v) is 13.9. The Bertz CT molecular complexity index is 1750. The van der Waals surface area contributed by atoms with E-state index in [2.05, 4.69) is 42.7 Å². The molecule has 1 aliphatic heterocycles. The summed E-state index contributed by atoms with van der Waals surface area (Å²) in [5.74, 6) is 0.589. The van der Waals surface area contributed by atoms with Gasteiger partial charge in [0.15, 0.2) is 0 Å². The molecule has 216 valence electrons. The fourth-order valence-corrected chi connectivity index (χ4v) is 5.54.